The minimum atomic E-state index is 0.246. The number of Topliss-reactive ketones (excluding diaryl/α,β-unsaturated/α-hetero) is 1. The lowest BCUT2D eigenvalue weighted by molar-refractivity contribution is -0.119. The van der Waals surface area contributed by atoms with E-state index in [1.54, 1.807) is 0 Å². The molecule has 1 fully saturated rings. The summed E-state index contributed by atoms with van der Waals surface area (Å²) in [6.07, 6.45) is 2.89. The van der Waals surface area contributed by atoms with E-state index in [9.17, 15) is 4.79 Å². The SMILES string of the molecule is O=C(Cc1cc(Cl)cc2c1OCC2)CC1CCOC1. The highest BCUT2D eigenvalue weighted by Gasteiger charge is 2.22. The van der Waals surface area contributed by atoms with Crippen LogP contribution in [0.25, 0.3) is 0 Å². The van der Waals surface area contributed by atoms with Crippen LogP contribution in [0.15, 0.2) is 12.1 Å². The van der Waals surface area contributed by atoms with Crippen molar-refractivity contribution in [2.24, 2.45) is 5.92 Å². The number of rotatable bonds is 4. The molecule has 1 aromatic carbocycles. The van der Waals surface area contributed by atoms with Crippen LogP contribution >= 0.6 is 11.6 Å². The molecule has 0 bridgehead atoms. The van der Waals surface area contributed by atoms with E-state index in [4.69, 9.17) is 21.1 Å². The van der Waals surface area contributed by atoms with Crippen LogP contribution < -0.4 is 4.74 Å². The molecule has 2 aliphatic heterocycles. The predicted octanol–water partition coefficient (Wildman–Crippen LogP) is 2.81. The first-order valence-electron chi connectivity index (χ1n) is 6.76. The molecule has 0 radical (unpaired) electrons. The van der Waals surface area contributed by atoms with Gasteiger partial charge in [-0.1, -0.05) is 11.6 Å². The van der Waals surface area contributed by atoms with Crippen LogP contribution in [0, 0.1) is 5.92 Å². The van der Waals surface area contributed by atoms with Gasteiger partial charge >= 0.3 is 0 Å². The zero-order valence-corrected chi connectivity index (χ0v) is 11.5. The largest absolute Gasteiger partial charge is 0.493 e. The second kappa shape index (κ2) is 5.51. The number of benzene rings is 1. The molecule has 1 saturated heterocycles. The lowest BCUT2D eigenvalue weighted by Crippen LogP contribution is -2.11. The highest BCUT2D eigenvalue weighted by atomic mass is 35.5. The van der Waals surface area contributed by atoms with Gasteiger partial charge in [0, 0.05) is 43.1 Å². The highest BCUT2D eigenvalue weighted by molar-refractivity contribution is 6.30. The molecular formula is C15H17ClO3. The molecule has 0 amide bonds. The molecule has 3 rings (SSSR count). The molecule has 2 heterocycles. The van der Waals surface area contributed by atoms with E-state index in [-0.39, 0.29) is 5.78 Å². The Morgan fingerprint density at radius 2 is 2.26 bits per heavy atom. The standard InChI is InChI=1S/C15H17ClO3/c16-13-6-11-2-4-19-15(11)12(7-13)8-14(17)5-10-1-3-18-9-10/h6-7,10H,1-5,8-9H2. The summed E-state index contributed by atoms with van der Waals surface area (Å²) in [6.45, 7) is 2.19. The van der Waals surface area contributed by atoms with Gasteiger partial charge in [0.15, 0.2) is 0 Å². The molecule has 0 aromatic heterocycles. The fraction of sp³-hybridized carbons (Fsp3) is 0.533. The minimum absolute atomic E-state index is 0.246. The first kappa shape index (κ1) is 12.9. The van der Waals surface area contributed by atoms with Gasteiger partial charge in [0.25, 0.3) is 0 Å². The van der Waals surface area contributed by atoms with E-state index in [0.717, 1.165) is 42.9 Å². The van der Waals surface area contributed by atoms with Crippen LogP contribution in [-0.4, -0.2) is 25.6 Å². The average molecular weight is 281 g/mol. The van der Waals surface area contributed by atoms with E-state index in [0.29, 0.717) is 30.4 Å². The first-order chi connectivity index (χ1) is 9.22. The molecule has 1 aromatic rings. The summed E-state index contributed by atoms with van der Waals surface area (Å²) in [4.78, 5) is 12.1. The van der Waals surface area contributed by atoms with Crippen LogP contribution in [0.2, 0.25) is 5.02 Å². The molecule has 3 nitrogen and oxygen atoms in total. The number of hydrogen-bond donors (Lipinski definition) is 0. The van der Waals surface area contributed by atoms with Crippen LogP contribution in [0.4, 0.5) is 0 Å². The summed E-state index contributed by atoms with van der Waals surface area (Å²) in [7, 11) is 0. The van der Waals surface area contributed by atoms with Gasteiger partial charge in [0.05, 0.1) is 6.61 Å². The Kier molecular flexibility index (Phi) is 3.76. The van der Waals surface area contributed by atoms with Crippen LogP contribution in [-0.2, 0) is 22.4 Å². The Balaban J connectivity index is 1.70. The fourth-order valence-electron chi connectivity index (χ4n) is 2.83. The van der Waals surface area contributed by atoms with Gasteiger partial charge in [-0.2, -0.15) is 0 Å². The Hall–Kier alpha value is -1.06. The van der Waals surface area contributed by atoms with Crippen molar-refractivity contribution in [1.82, 2.24) is 0 Å². The number of ketones is 1. The Morgan fingerprint density at radius 1 is 1.37 bits per heavy atom. The third-order valence-electron chi connectivity index (χ3n) is 3.75. The van der Waals surface area contributed by atoms with Crippen molar-refractivity contribution in [3.8, 4) is 5.75 Å². The van der Waals surface area contributed by atoms with Crippen molar-refractivity contribution in [1.29, 1.82) is 0 Å². The molecule has 1 atom stereocenters. The number of hydrogen-bond acceptors (Lipinski definition) is 3. The van der Waals surface area contributed by atoms with E-state index >= 15 is 0 Å². The normalized spacial score (nSPS) is 21.2. The minimum Gasteiger partial charge on any atom is -0.493 e. The molecule has 102 valence electrons. The predicted molar refractivity (Wildman–Crippen MR) is 72.9 cm³/mol. The molecule has 0 spiro atoms. The van der Waals surface area contributed by atoms with Gasteiger partial charge in [-0.05, 0) is 30.0 Å². The van der Waals surface area contributed by atoms with Crippen molar-refractivity contribution < 1.29 is 14.3 Å². The van der Waals surface area contributed by atoms with Crippen molar-refractivity contribution in [3.05, 3.63) is 28.3 Å². The molecule has 19 heavy (non-hydrogen) atoms. The van der Waals surface area contributed by atoms with Gasteiger partial charge in [-0.3, -0.25) is 4.79 Å². The highest BCUT2D eigenvalue weighted by Crippen LogP contribution is 2.33. The molecule has 0 aliphatic carbocycles. The van der Waals surface area contributed by atoms with Crippen LogP contribution in [0.5, 0.6) is 5.75 Å². The Bertz CT molecular complexity index is 492. The molecule has 0 saturated carbocycles. The zero-order chi connectivity index (χ0) is 13.2. The monoisotopic (exact) mass is 280 g/mol. The third kappa shape index (κ3) is 2.93. The maximum atomic E-state index is 12.1. The number of carbonyl (C=O) groups is 1. The van der Waals surface area contributed by atoms with Gasteiger partial charge in [0.2, 0.25) is 0 Å². The van der Waals surface area contributed by atoms with Crippen molar-refractivity contribution in [2.45, 2.75) is 25.7 Å². The summed E-state index contributed by atoms with van der Waals surface area (Å²) >= 11 is 6.10. The Labute approximate surface area is 117 Å². The Morgan fingerprint density at radius 3 is 3.05 bits per heavy atom. The van der Waals surface area contributed by atoms with E-state index < -0.39 is 0 Å². The van der Waals surface area contributed by atoms with Crippen molar-refractivity contribution >= 4 is 17.4 Å². The summed E-state index contributed by atoms with van der Waals surface area (Å²) in [5, 5.41) is 0.691. The van der Waals surface area contributed by atoms with E-state index in [2.05, 4.69) is 0 Å². The number of fused-ring (bicyclic) bond motifs is 1. The average Bonchev–Trinajstić information content (AvgIpc) is 2.99. The van der Waals surface area contributed by atoms with Crippen LogP contribution in [0.3, 0.4) is 0 Å². The quantitative estimate of drug-likeness (QED) is 0.851. The molecular weight excluding hydrogens is 264 g/mol. The van der Waals surface area contributed by atoms with Crippen LogP contribution in [0.1, 0.15) is 24.0 Å². The lowest BCUT2D eigenvalue weighted by Gasteiger charge is -2.10. The number of halogens is 1. The van der Waals surface area contributed by atoms with E-state index in [1.165, 1.54) is 0 Å². The summed E-state index contributed by atoms with van der Waals surface area (Å²) in [5.74, 6) is 1.51. The molecule has 1 unspecified atom stereocenters. The summed E-state index contributed by atoms with van der Waals surface area (Å²) in [5.41, 5.74) is 2.06. The topological polar surface area (TPSA) is 35.5 Å². The molecule has 4 heteroatoms. The van der Waals surface area contributed by atoms with E-state index in [1.807, 2.05) is 12.1 Å². The van der Waals surface area contributed by atoms with Gasteiger partial charge in [-0.15, -0.1) is 0 Å². The fourth-order valence-corrected chi connectivity index (χ4v) is 3.09. The van der Waals surface area contributed by atoms with Gasteiger partial charge < -0.3 is 9.47 Å². The second-order valence-corrected chi connectivity index (χ2v) is 5.74. The van der Waals surface area contributed by atoms with Crippen molar-refractivity contribution in [2.75, 3.05) is 19.8 Å². The smallest absolute Gasteiger partial charge is 0.137 e. The number of carbonyl (C=O) groups excluding carboxylic acids is 1. The lowest BCUT2D eigenvalue weighted by atomic mass is 9.96. The summed E-state index contributed by atoms with van der Waals surface area (Å²) < 4.78 is 10.9. The van der Waals surface area contributed by atoms with Gasteiger partial charge in [-0.25, -0.2) is 0 Å². The maximum Gasteiger partial charge on any atom is 0.137 e. The second-order valence-electron chi connectivity index (χ2n) is 5.30. The van der Waals surface area contributed by atoms with Gasteiger partial charge in [0.1, 0.15) is 11.5 Å². The summed E-state index contributed by atoms with van der Waals surface area (Å²) in [6, 6.07) is 3.79. The zero-order valence-electron chi connectivity index (χ0n) is 10.8. The number of ether oxygens (including phenoxy) is 2. The third-order valence-corrected chi connectivity index (χ3v) is 3.97. The molecule has 2 aliphatic rings. The maximum absolute atomic E-state index is 12.1. The van der Waals surface area contributed by atoms with Crippen molar-refractivity contribution in [3.63, 3.8) is 0 Å². The molecule has 0 N–H and O–H groups in total. The first-order valence-corrected chi connectivity index (χ1v) is 7.13.